The van der Waals surface area contributed by atoms with Crippen LogP contribution in [0.2, 0.25) is 0 Å². The molecule has 0 aliphatic carbocycles. The number of allylic oxidation sites excluding steroid dienone is 1. The molecule has 5 nitrogen and oxygen atoms in total. The van der Waals surface area contributed by atoms with Crippen LogP contribution in [-0.4, -0.2) is 55.7 Å². The summed E-state index contributed by atoms with van der Waals surface area (Å²) in [4.78, 5) is 32.9. The average Bonchev–Trinajstić information content (AvgIpc) is 2.19. The van der Waals surface area contributed by atoms with Gasteiger partial charge in [0.15, 0.2) is 11.6 Å². The lowest BCUT2D eigenvalue weighted by atomic mass is 10.3. The van der Waals surface area contributed by atoms with Gasteiger partial charge in [-0.1, -0.05) is 0 Å². The molecule has 0 saturated carbocycles. The van der Waals surface area contributed by atoms with E-state index in [1.165, 1.54) is 19.1 Å². The molecule has 0 heterocycles. The van der Waals surface area contributed by atoms with Gasteiger partial charge >= 0.3 is 0 Å². The fraction of sp³-hybridized carbons (Fsp3) is 0.615. The summed E-state index contributed by atoms with van der Waals surface area (Å²) in [5, 5.41) is 2.69. The van der Waals surface area contributed by atoms with Crippen LogP contribution in [0.3, 0.4) is 0 Å². The molecule has 1 amide bonds. The monoisotopic (exact) mass is 255 g/mol. The molecule has 0 aliphatic rings. The van der Waals surface area contributed by atoms with Crippen LogP contribution in [0.5, 0.6) is 0 Å². The van der Waals surface area contributed by atoms with Gasteiger partial charge in [-0.15, -0.1) is 0 Å². The molecule has 0 aromatic rings. The number of carbonyl (C=O) groups excluding carboxylic acids is 3. The Bertz CT molecular complexity index is 346. The summed E-state index contributed by atoms with van der Waals surface area (Å²) in [6.07, 6.45) is 3.27. The summed E-state index contributed by atoms with van der Waals surface area (Å²) in [6.45, 7) is 4.83. The summed E-state index contributed by atoms with van der Waals surface area (Å²) >= 11 is 0. The molecule has 0 spiro atoms. The Labute approximate surface area is 108 Å². The Morgan fingerprint density at radius 1 is 1.11 bits per heavy atom. The van der Waals surface area contributed by atoms with E-state index in [0.717, 1.165) is 13.0 Å². The number of nitrogens with one attached hydrogen (secondary N) is 1. The van der Waals surface area contributed by atoms with Crippen molar-refractivity contribution in [3.63, 3.8) is 0 Å². The highest BCUT2D eigenvalue weighted by Crippen LogP contribution is 1.98. The zero-order chi connectivity index (χ0) is 14.2. The number of Topliss-reactive ketones (excluding diaryl/α,β-unsaturated/α-hetero) is 1. The highest BCUT2D eigenvalue weighted by molar-refractivity contribution is 5.96. The highest BCUT2D eigenvalue weighted by Gasteiger charge is 2.16. The van der Waals surface area contributed by atoms with Crippen LogP contribution < -0.4 is 5.32 Å². The number of ketones is 2. The first kappa shape index (κ1) is 16.5. The average molecular weight is 255 g/mol. The van der Waals surface area contributed by atoms with Gasteiger partial charge in [0.2, 0.25) is 5.91 Å². The maximum absolute atomic E-state index is 11.2. The summed E-state index contributed by atoms with van der Waals surface area (Å²) < 4.78 is 0.620. The van der Waals surface area contributed by atoms with E-state index < -0.39 is 0 Å². The first-order valence-electron chi connectivity index (χ1n) is 6.01. The fourth-order valence-corrected chi connectivity index (χ4v) is 1.65. The van der Waals surface area contributed by atoms with Crippen LogP contribution in [-0.2, 0) is 14.4 Å². The third-order valence-corrected chi connectivity index (χ3v) is 2.36. The van der Waals surface area contributed by atoms with Gasteiger partial charge in [-0.05, 0) is 13.0 Å². The number of amides is 1. The van der Waals surface area contributed by atoms with Crippen LogP contribution in [0.25, 0.3) is 0 Å². The number of rotatable bonds is 8. The molecule has 0 aromatic carbocycles. The van der Waals surface area contributed by atoms with Crippen molar-refractivity contribution in [1.82, 2.24) is 5.32 Å². The molecule has 0 bridgehead atoms. The van der Waals surface area contributed by atoms with E-state index in [9.17, 15) is 14.4 Å². The van der Waals surface area contributed by atoms with Crippen molar-refractivity contribution in [2.45, 2.75) is 20.3 Å². The summed E-state index contributed by atoms with van der Waals surface area (Å²) in [5.41, 5.74) is 0. The van der Waals surface area contributed by atoms with E-state index in [2.05, 4.69) is 5.32 Å². The van der Waals surface area contributed by atoms with Gasteiger partial charge in [0.1, 0.15) is 6.54 Å². The second kappa shape index (κ2) is 7.76. The lowest BCUT2D eigenvalue weighted by Gasteiger charge is -2.28. The standard InChI is InChI=1S/C13H22N2O3/c1-11(16)6-7-13(18)14-8-5-9-15(3,4)10-12(2)17/h6-7H,5,8-10H2,1-4H3/p+1/b7-6-. The van der Waals surface area contributed by atoms with E-state index in [1.807, 2.05) is 14.1 Å². The van der Waals surface area contributed by atoms with E-state index in [-0.39, 0.29) is 17.5 Å². The van der Waals surface area contributed by atoms with Crippen LogP contribution in [0.15, 0.2) is 12.2 Å². The Hall–Kier alpha value is -1.49. The topological polar surface area (TPSA) is 63.2 Å². The van der Waals surface area contributed by atoms with Gasteiger partial charge in [0.05, 0.1) is 20.6 Å². The third-order valence-electron chi connectivity index (χ3n) is 2.36. The molecule has 1 N–H and O–H groups in total. The second-order valence-electron chi connectivity index (χ2n) is 5.11. The Kier molecular flexibility index (Phi) is 7.12. The predicted molar refractivity (Wildman–Crippen MR) is 70.0 cm³/mol. The van der Waals surface area contributed by atoms with E-state index >= 15 is 0 Å². The molecule has 5 heteroatoms. The number of nitrogens with zero attached hydrogens (tertiary/aromatic N) is 1. The summed E-state index contributed by atoms with van der Waals surface area (Å²) in [5.74, 6) is -0.250. The molecule has 0 fully saturated rings. The first-order chi connectivity index (χ1) is 8.23. The Morgan fingerprint density at radius 3 is 2.22 bits per heavy atom. The largest absolute Gasteiger partial charge is 0.352 e. The van der Waals surface area contributed by atoms with Crippen molar-refractivity contribution >= 4 is 17.5 Å². The maximum Gasteiger partial charge on any atom is 0.244 e. The molecule has 0 atom stereocenters. The Balaban J connectivity index is 3.83. The fourth-order valence-electron chi connectivity index (χ4n) is 1.65. The lowest BCUT2D eigenvalue weighted by Crippen LogP contribution is -2.44. The van der Waals surface area contributed by atoms with Crippen LogP contribution in [0.4, 0.5) is 0 Å². The summed E-state index contributed by atoms with van der Waals surface area (Å²) in [6, 6.07) is 0. The van der Waals surface area contributed by atoms with E-state index in [4.69, 9.17) is 0 Å². The van der Waals surface area contributed by atoms with E-state index in [1.54, 1.807) is 6.92 Å². The number of hydrogen-bond donors (Lipinski definition) is 1. The van der Waals surface area contributed by atoms with Crippen molar-refractivity contribution in [3.8, 4) is 0 Å². The quantitative estimate of drug-likeness (QED) is 0.385. The predicted octanol–water partition coefficient (Wildman–Crippen LogP) is 0.303. The molecule has 0 unspecified atom stereocenters. The second-order valence-corrected chi connectivity index (χ2v) is 5.11. The molecule has 0 aliphatic heterocycles. The van der Waals surface area contributed by atoms with Gasteiger partial charge in [-0.3, -0.25) is 14.4 Å². The maximum atomic E-state index is 11.2. The third kappa shape index (κ3) is 9.72. The molecular formula is C13H23N2O3+. The highest BCUT2D eigenvalue weighted by atomic mass is 16.1. The number of hydrogen-bond acceptors (Lipinski definition) is 3. The normalized spacial score (nSPS) is 11.6. The van der Waals surface area contributed by atoms with Crippen LogP contribution in [0, 0.1) is 0 Å². The molecule has 0 aromatic heterocycles. The van der Waals surface area contributed by atoms with Gasteiger partial charge in [0, 0.05) is 26.0 Å². The van der Waals surface area contributed by atoms with Gasteiger partial charge < -0.3 is 9.80 Å². The number of likely N-dealkylation sites (N-methyl/N-ethyl adjacent to an activating group) is 1. The molecule has 0 rings (SSSR count). The van der Waals surface area contributed by atoms with Gasteiger partial charge in [-0.2, -0.15) is 0 Å². The first-order valence-corrected chi connectivity index (χ1v) is 6.01. The van der Waals surface area contributed by atoms with Gasteiger partial charge in [-0.25, -0.2) is 0 Å². The minimum absolute atomic E-state index is 0.149. The minimum Gasteiger partial charge on any atom is -0.352 e. The lowest BCUT2D eigenvalue weighted by molar-refractivity contribution is -0.882. The molecule has 0 radical (unpaired) electrons. The zero-order valence-electron chi connectivity index (χ0n) is 11.7. The van der Waals surface area contributed by atoms with Crippen LogP contribution in [0.1, 0.15) is 20.3 Å². The number of quaternary nitrogens is 1. The SMILES string of the molecule is CC(=O)/C=C\C(=O)NCCC[N+](C)(C)CC(C)=O. The van der Waals surface area contributed by atoms with Crippen molar-refractivity contribution in [2.24, 2.45) is 0 Å². The van der Waals surface area contributed by atoms with E-state index in [0.29, 0.717) is 17.6 Å². The molecule has 0 saturated heterocycles. The Morgan fingerprint density at radius 2 is 1.72 bits per heavy atom. The van der Waals surface area contributed by atoms with Crippen molar-refractivity contribution in [3.05, 3.63) is 12.2 Å². The summed E-state index contributed by atoms with van der Waals surface area (Å²) in [7, 11) is 3.97. The smallest absolute Gasteiger partial charge is 0.244 e. The van der Waals surface area contributed by atoms with Crippen molar-refractivity contribution in [1.29, 1.82) is 0 Å². The number of carbonyl (C=O) groups is 3. The van der Waals surface area contributed by atoms with Crippen LogP contribution >= 0.6 is 0 Å². The van der Waals surface area contributed by atoms with Crippen molar-refractivity contribution in [2.75, 3.05) is 33.7 Å². The van der Waals surface area contributed by atoms with Crippen molar-refractivity contribution < 1.29 is 18.9 Å². The minimum atomic E-state index is -0.262. The molecule has 102 valence electrons. The zero-order valence-corrected chi connectivity index (χ0v) is 11.7. The molecular weight excluding hydrogens is 232 g/mol. The van der Waals surface area contributed by atoms with Gasteiger partial charge in [0.25, 0.3) is 0 Å². The molecule has 18 heavy (non-hydrogen) atoms.